The molecule has 0 aromatic rings. The highest BCUT2D eigenvalue weighted by Gasteiger charge is 2.47. The third-order valence-corrected chi connectivity index (χ3v) is 3.38. The van der Waals surface area contributed by atoms with Crippen molar-refractivity contribution in [3.8, 4) is 0 Å². The fourth-order valence-electron chi connectivity index (χ4n) is 1.99. The maximum atomic E-state index is 5.53. The molecule has 1 N–H and O–H groups in total. The fourth-order valence-corrected chi connectivity index (χ4v) is 2.11. The summed E-state index contributed by atoms with van der Waals surface area (Å²) in [7, 11) is 1.79. The Hall–Kier alpha value is -0.0500. The van der Waals surface area contributed by atoms with Gasteiger partial charge in [-0.15, -0.1) is 11.6 Å². The van der Waals surface area contributed by atoms with E-state index in [1.165, 1.54) is 0 Å². The van der Waals surface area contributed by atoms with Crippen LogP contribution in [0.4, 0.5) is 0 Å². The van der Waals surface area contributed by atoms with Gasteiger partial charge in [0.25, 0.3) is 0 Å². The first-order chi connectivity index (χ1) is 6.62. The summed E-state index contributed by atoms with van der Waals surface area (Å²) in [5, 5.41) is 3.48. The second-order valence-electron chi connectivity index (χ2n) is 4.37. The van der Waals surface area contributed by atoms with E-state index in [4.69, 9.17) is 16.3 Å². The summed E-state index contributed by atoms with van der Waals surface area (Å²) in [6, 6.07) is 0.562. The predicted octanol–water partition coefficient (Wildman–Crippen LogP) is 2.18. The van der Waals surface area contributed by atoms with Gasteiger partial charge in [-0.2, -0.15) is 0 Å². The lowest BCUT2D eigenvalue weighted by molar-refractivity contribution is -0.0964. The molecule has 1 aliphatic carbocycles. The van der Waals surface area contributed by atoms with Gasteiger partial charge >= 0.3 is 0 Å². The number of methoxy groups -OCH3 is 1. The van der Waals surface area contributed by atoms with Crippen LogP contribution >= 0.6 is 11.6 Å². The molecular formula is C11H20ClNO. The predicted molar refractivity (Wildman–Crippen MR) is 60.8 cm³/mol. The molecule has 2 atom stereocenters. The molecule has 1 saturated carbocycles. The lowest BCUT2D eigenvalue weighted by Gasteiger charge is -2.51. The summed E-state index contributed by atoms with van der Waals surface area (Å²) >= 11 is 5.53. The minimum atomic E-state index is 0.254. The minimum absolute atomic E-state index is 0.254. The van der Waals surface area contributed by atoms with E-state index in [9.17, 15) is 0 Å². The Balaban J connectivity index is 2.25. The maximum absolute atomic E-state index is 5.53. The van der Waals surface area contributed by atoms with Gasteiger partial charge in [0.05, 0.1) is 6.10 Å². The minimum Gasteiger partial charge on any atom is -0.381 e. The smallest absolute Gasteiger partial charge is 0.0652 e. The molecular weight excluding hydrogens is 198 g/mol. The molecule has 0 radical (unpaired) electrons. The molecule has 1 rings (SSSR count). The van der Waals surface area contributed by atoms with Crippen LogP contribution in [0.3, 0.4) is 0 Å². The quantitative estimate of drug-likeness (QED) is 0.563. The van der Waals surface area contributed by atoms with Crippen molar-refractivity contribution in [2.24, 2.45) is 5.41 Å². The van der Waals surface area contributed by atoms with E-state index in [2.05, 4.69) is 25.2 Å². The highest BCUT2D eigenvalue weighted by Crippen LogP contribution is 2.42. The molecule has 0 aliphatic heterocycles. The molecule has 3 heteroatoms. The van der Waals surface area contributed by atoms with Gasteiger partial charge < -0.3 is 10.1 Å². The van der Waals surface area contributed by atoms with Gasteiger partial charge in [-0.3, -0.25) is 0 Å². The Morgan fingerprint density at radius 3 is 2.71 bits per heavy atom. The molecule has 0 aromatic carbocycles. The number of allylic oxidation sites excluding steroid dienone is 1. The average Bonchev–Trinajstić information content (AvgIpc) is 2.15. The van der Waals surface area contributed by atoms with Crippen LogP contribution in [0.5, 0.6) is 0 Å². The molecule has 2 nitrogen and oxygen atoms in total. The Bertz CT molecular complexity index is 203. The zero-order valence-electron chi connectivity index (χ0n) is 9.22. The Labute approximate surface area is 91.7 Å². The first kappa shape index (κ1) is 12.0. The number of halogens is 1. The molecule has 14 heavy (non-hydrogen) atoms. The van der Waals surface area contributed by atoms with Crippen molar-refractivity contribution >= 4 is 11.6 Å². The number of alkyl halides is 1. The van der Waals surface area contributed by atoms with Crippen LogP contribution < -0.4 is 5.32 Å². The molecule has 0 heterocycles. The summed E-state index contributed by atoms with van der Waals surface area (Å²) in [5.74, 6) is 0.594. The SMILES string of the molecule is COC1CC(NC/C=C/CCl)C1(C)C. The first-order valence-electron chi connectivity index (χ1n) is 5.10. The zero-order chi connectivity index (χ0) is 10.6. The zero-order valence-corrected chi connectivity index (χ0v) is 9.97. The largest absolute Gasteiger partial charge is 0.381 e. The summed E-state index contributed by atoms with van der Waals surface area (Å²) < 4.78 is 5.38. The number of ether oxygens (including phenoxy) is 1. The van der Waals surface area contributed by atoms with Crippen LogP contribution in [-0.2, 0) is 4.74 Å². The number of hydrogen-bond acceptors (Lipinski definition) is 2. The van der Waals surface area contributed by atoms with Crippen molar-refractivity contribution in [1.82, 2.24) is 5.32 Å². The maximum Gasteiger partial charge on any atom is 0.0652 e. The summed E-state index contributed by atoms with van der Waals surface area (Å²) in [6.07, 6.45) is 5.55. The van der Waals surface area contributed by atoms with Crippen LogP contribution in [0.15, 0.2) is 12.2 Å². The molecule has 1 aliphatic rings. The van der Waals surface area contributed by atoms with E-state index in [0.717, 1.165) is 13.0 Å². The van der Waals surface area contributed by atoms with Crippen molar-refractivity contribution in [3.05, 3.63) is 12.2 Å². The molecule has 1 fully saturated rings. The van der Waals surface area contributed by atoms with Gasteiger partial charge in [0.2, 0.25) is 0 Å². The Morgan fingerprint density at radius 2 is 2.21 bits per heavy atom. The van der Waals surface area contributed by atoms with Gasteiger partial charge in [0.15, 0.2) is 0 Å². The van der Waals surface area contributed by atoms with Crippen molar-refractivity contribution in [2.45, 2.75) is 32.4 Å². The van der Waals surface area contributed by atoms with Crippen LogP contribution in [0, 0.1) is 5.41 Å². The Kier molecular flexibility index (Phi) is 4.42. The fraction of sp³-hybridized carbons (Fsp3) is 0.818. The van der Waals surface area contributed by atoms with Gasteiger partial charge in [-0.25, -0.2) is 0 Å². The number of rotatable bonds is 5. The second-order valence-corrected chi connectivity index (χ2v) is 4.68. The number of nitrogens with one attached hydrogen (secondary N) is 1. The average molecular weight is 218 g/mol. The van der Waals surface area contributed by atoms with Crippen LogP contribution in [0.2, 0.25) is 0 Å². The van der Waals surface area contributed by atoms with E-state index >= 15 is 0 Å². The molecule has 82 valence electrons. The van der Waals surface area contributed by atoms with Crippen molar-refractivity contribution < 1.29 is 4.74 Å². The lowest BCUT2D eigenvalue weighted by atomic mass is 9.64. The summed E-state index contributed by atoms with van der Waals surface area (Å²) in [5.41, 5.74) is 0.254. The topological polar surface area (TPSA) is 21.3 Å². The van der Waals surface area contributed by atoms with E-state index in [0.29, 0.717) is 18.0 Å². The lowest BCUT2D eigenvalue weighted by Crippen LogP contribution is -2.60. The van der Waals surface area contributed by atoms with Crippen molar-refractivity contribution in [2.75, 3.05) is 19.5 Å². The molecule has 0 amide bonds. The third-order valence-electron chi connectivity index (χ3n) is 3.20. The van der Waals surface area contributed by atoms with E-state index < -0.39 is 0 Å². The highest BCUT2D eigenvalue weighted by molar-refractivity contribution is 6.18. The standard InChI is InChI=1S/C11H20ClNO/c1-11(2)9(8-10(11)14-3)13-7-5-4-6-12/h4-5,9-10,13H,6-8H2,1-3H3/b5-4+. The molecule has 2 unspecified atom stereocenters. The Morgan fingerprint density at radius 1 is 1.50 bits per heavy atom. The van der Waals surface area contributed by atoms with Gasteiger partial charge in [0.1, 0.15) is 0 Å². The van der Waals surface area contributed by atoms with E-state index in [1.807, 2.05) is 6.08 Å². The normalized spacial score (nSPS) is 30.6. The van der Waals surface area contributed by atoms with Gasteiger partial charge in [-0.1, -0.05) is 26.0 Å². The van der Waals surface area contributed by atoms with Crippen LogP contribution in [0.25, 0.3) is 0 Å². The molecule has 0 bridgehead atoms. The number of hydrogen-bond donors (Lipinski definition) is 1. The molecule has 0 aromatic heterocycles. The van der Waals surface area contributed by atoms with Crippen molar-refractivity contribution in [3.63, 3.8) is 0 Å². The van der Waals surface area contributed by atoms with Crippen molar-refractivity contribution in [1.29, 1.82) is 0 Å². The van der Waals surface area contributed by atoms with Crippen LogP contribution in [0.1, 0.15) is 20.3 Å². The highest BCUT2D eigenvalue weighted by atomic mass is 35.5. The van der Waals surface area contributed by atoms with E-state index in [-0.39, 0.29) is 5.41 Å². The monoisotopic (exact) mass is 217 g/mol. The van der Waals surface area contributed by atoms with Crippen LogP contribution in [-0.4, -0.2) is 31.7 Å². The third kappa shape index (κ3) is 2.50. The van der Waals surface area contributed by atoms with Gasteiger partial charge in [0, 0.05) is 31.0 Å². The molecule has 0 saturated heterocycles. The summed E-state index contributed by atoms with van der Waals surface area (Å²) in [6.45, 7) is 5.39. The summed E-state index contributed by atoms with van der Waals surface area (Å²) in [4.78, 5) is 0. The van der Waals surface area contributed by atoms with Gasteiger partial charge in [-0.05, 0) is 6.42 Å². The van der Waals surface area contributed by atoms with E-state index in [1.54, 1.807) is 7.11 Å². The second kappa shape index (κ2) is 5.15. The molecule has 0 spiro atoms. The first-order valence-corrected chi connectivity index (χ1v) is 5.63.